The van der Waals surface area contributed by atoms with Gasteiger partial charge in [0.05, 0.1) is 19.2 Å². The Morgan fingerprint density at radius 3 is 2.60 bits per heavy atom. The van der Waals surface area contributed by atoms with Gasteiger partial charge in [-0.2, -0.15) is 0 Å². The van der Waals surface area contributed by atoms with E-state index in [1.54, 1.807) is 31.4 Å². The summed E-state index contributed by atoms with van der Waals surface area (Å²) >= 11 is 0. The summed E-state index contributed by atoms with van der Waals surface area (Å²) in [4.78, 5) is 10.8. The highest BCUT2D eigenvalue weighted by molar-refractivity contribution is 5.87. The lowest BCUT2D eigenvalue weighted by Crippen LogP contribution is -2.12. The van der Waals surface area contributed by atoms with Gasteiger partial charge in [0.1, 0.15) is 17.3 Å². The lowest BCUT2D eigenvalue weighted by molar-refractivity contribution is 0.0697. The molecule has 0 radical (unpaired) electrons. The standard InChI is InChI=1S/C20H19NO4/c1-24-17-4-2-3-16(11-17)19-10-9-18(25-19)13-21-12-14-5-7-15(8-6-14)20(22)23/h2-11,21H,12-13H2,1H3,(H,22,23). The SMILES string of the molecule is COc1cccc(-c2ccc(CNCc3ccc(C(=O)O)cc3)o2)c1. The monoisotopic (exact) mass is 337 g/mol. The highest BCUT2D eigenvalue weighted by Gasteiger charge is 2.06. The molecule has 0 fully saturated rings. The summed E-state index contributed by atoms with van der Waals surface area (Å²) in [6.07, 6.45) is 0. The second-order valence-electron chi connectivity index (χ2n) is 5.60. The molecule has 0 unspecified atom stereocenters. The maximum absolute atomic E-state index is 10.8. The van der Waals surface area contributed by atoms with Gasteiger partial charge in [-0.05, 0) is 42.0 Å². The van der Waals surface area contributed by atoms with Crippen molar-refractivity contribution in [1.82, 2.24) is 5.32 Å². The van der Waals surface area contributed by atoms with E-state index in [1.165, 1.54) is 0 Å². The Labute approximate surface area is 145 Å². The quantitative estimate of drug-likeness (QED) is 0.683. The van der Waals surface area contributed by atoms with Crippen molar-refractivity contribution in [3.8, 4) is 17.1 Å². The molecule has 5 nitrogen and oxygen atoms in total. The Morgan fingerprint density at radius 2 is 1.88 bits per heavy atom. The predicted octanol–water partition coefficient (Wildman–Crippen LogP) is 3.94. The van der Waals surface area contributed by atoms with E-state index in [1.807, 2.05) is 36.4 Å². The summed E-state index contributed by atoms with van der Waals surface area (Å²) in [5, 5.41) is 12.2. The molecule has 5 heteroatoms. The molecule has 2 N–H and O–H groups in total. The highest BCUT2D eigenvalue weighted by Crippen LogP contribution is 2.25. The largest absolute Gasteiger partial charge is 0.497 e. The van der Waals surface area contributed by atoms with Crippen molar-refractivity contribution in [2.45, 2.75) is 13.1 Å². The van der Waals surface area contributed by atoms with Gasteiger partial charge < -0.3 is 19.6 Å². The minimum atomic E-state index is -0.917. The Bertz CT molecular complexity index is 852. The molecule has 0 aliphatic rings. The fraction of sp³-hybridized carbons (Fsp3) is 0.150. The number of benzene rings is 2. The van der Waals surface area contributed by atoms with E-state index in [4.69, 9.17) is 14.3 Å². The number of hydrogen-bond acceptors (Lipinski definition) is 4. The average Bonchev–Trinajstić information content (AvgIpc) is 3.11. The molecule has 0 aliphatic carbocycles. The summed E-state index contributed by atoms with van der Waals surface area (Å²) in [6, 6.07) is 18.4. The molecular formula is C20H19NO4. The molecule has 2 aromatic carbocycles. The van der Waals surface area contributed by atoms with Gasteiger partial charge in [-0.15, -0.1) is 0 Å². The van der Waals surface area contributed by atoms with Gasteiger partial charge >= 0.3 is 5.97 Å². The van der Waals surface area contributed by atoms with Crippen LogP contribution < -0.4 is 10.1 Å². The number of methoxy groups -OCH3 is 1. The molecule has 0 atom stereocenters. The molecule has 25 heavy (non-hydrogen) atoms. The van der Waals surface area contributed by atoms with Gasteiger partial charge in [0, 0.05) is 12.1 Å². The third-order valence-corrected chi connectivity index (χ3v) is 3.85. The number of carboxylic acids is 1. The maximum atomic E-state index is 10.8. The van der Waals surface area contributed by atoms with E-state index in [0.717, 1.165) is 28.4 Å². The smallest absolute Gasteiger partial charge is 0.335 e. The zero-order valence-electron chi connectivity index (χ0n) is 13.9. The van der Waals surface area contributed by atoms with Crippen molar-refractivity contribution in [3.63, 3.8) is 0 Å². The molecule has 1 aromatic heterocycles. The van der Waals surface area contributed by atoms with Crippen molar-refractivity contribution in [2.75, 3.05) is 7.11 Å². The van der Waals surface area contributed by atoms with Crippen LogP contribution in [0.2, 0.25) is 0 Å². The zero-order chi connectivity index (χ0) is 17.6. The van der Waals surface area contributed by atoms with Crippen LogP contribution in [-0.2, 0) is 13.1 Å². The number of nitrogens with one attached hydrogen (secondary N) is 1. The molecule has 1 heterocycles. The van der Waals surface area contributed by atoms with Crippen molar-refractivity contribution < 1.29 is 19.1 Å². The first-order valence-corrected chi connectivity index (χ1v) is 7.92. The number of furan rings is 1. The van der Waals surface area contributed by atoms with Crippen LogP contribution in [0.1, 0.15) is 21.7 Å². The second-order valence-corrected chi connectivity index (χ2v) is 5.60. The molecule has 0 bridgehead atoms. The average molecular weight is 337 g/mol. The van der Waals surface area contributed by atoms with E-state index in [-0.39, 0.29) is 5.56 Å². The van der Waals surface area contributed by atoms with Gasteiger partial charge in [-0.1, -0.05) is 24.3 Å². The van der Waals surface area contributed by atoms with E-state index in [2.05, 4.69) is 5.32 Å². The van der Waals surface area contributed by atoms with E-state index >= 15 is 0 Å². The fourth-order valence-corrected chi connectivity index (χ4v) is 2.50. The van der Waals surface area contributed by atoms with Crippen LogP contribution in [-0.4, -0.2) is 18.2 Å². The fourth-order valence-electron chi connectivity index (χ4n) is 2.50. The van der Waals surface area contributed by atoms with Crippen LogP contribution >= 0.6 is 0 Å². The lowest BCUT2D eigenvalue weighted by Gasteiger charge is -2.04. The van der Waals surface area contributed by atoms with Crippen molar-refractivity contribution in [3.05, 3.63) is 77.6 Å². The molecular weight excluding hydrogens is 318 g/mol. The number of carbonyl (C=O) groups is 1. The zero-order valence-corrected chi connectivity index (χ0v) is 13.9. The minimum absolute atomic E-state index is 0.290. The van der Waals surface area contributed by atoms with Gasteiger partial charge in [-0.3, -0.25) is 0 Å². The molecule has 3 rings (SSSR count). The molecule has 3 aromatic rings. The molecule has 0 amide bonds. The van der Waals surface area contributed by atoms with Gasteiger partial charge in [0.25, 0.3) is 0 Å². The summed E-state index contributed by atoms with van der Waals surface area (Å²) in [5.74, 6) is 1.50. The van der Waals surface area contributed by atoms with Crippen LogP contribution in [0.3, 0.4) is 0 Å². The van der Waals surface area contributed by atoms with Crippen LogP contribution in [0.25, 0.3) is 11.3 Å². The highest BCUT2D eigenvalue weighted by atomic mass is 16.5. The Hall–Kier alpha value is -3.05. The van der Waals surface area contributed by atoms with Crippen LogP contribution in [0, 0.1) is 0 Å². The van der Waals surface area contributed by atoms with Crippen molar-refractivity contribution >= 4 is 5.97 Å². The summed E-state index contributed by atoms with van der Waals surface area (Å²) in [6.45, 7) is 1.22. The molecule has 0 saturated carbocycles. The number of carboxylic acid groups (broad SMARTS) is 1. The molecule has 128 valence electrons. The van der Waals surface area contributed by atoms with Crippen molar-refractivity contribution in [1.29, 1.82) is 0 Å². The van der Waals surface area contributed by atoms with E-state index < -0.39 is 5.97 Å². The maximum Gasteiger partial charge on any atom is 0.335 e. The Kier molecular flexibility index (Phi) is 5.16. The first kappa shape index (κ1) is 16.8. The third kappa shape index (κ3) is 4.28. The number of rotatable bonds is 7. The Balaban J connectivity index is 1.57. The van der Waals surface area contributed by atoms with E-state index in [0.29, 0.717) is 13.1 Å². The number of hydrogen-bond donors (Lipinski definition) is 2. The third-order valence-electron chi connectivity index (χ3n) is 3.85. The summed E-state index contributed by atoms with van der Waals surface area (Å²) < 4.78 is 11.1. The van der Waals surface area contributed by atoms with Crippen LogP contribution in [0.15, 0.2) is 65.1 Å². The van der Waals surface area contributed by atoms with Gasteiger partial charge in [0.15, 0.2) is 0 Å². The summed E-state index contributed by atoms with van der Waals surface area (Å²) in [5.41, 5.74) is 2.28. The molecule has 0 spiro atoms. The lowest BCUT2D eigenvalue weighted by atomic mass is 10.1. The van der Waals surface area contributed by atoms with Crippen LogP contribution in [0.5, 0.6) is 5.75 Å². The number of ether oxygens (including phenoxy) is 1. The number of aromatic carboxylic acids is 1. The summed E-state index contributed by atoms with van der Waals surface area (Å²) in [7, 11) is 1.64. The molecule has 0 saturated heterocycles. The Morgan fingerprint density at radius 1 is 1.08 bits per heavy atom. The van der Waals surface area contributed by atoms with E-state index in [9.17, 15) is 4.79 Å². The van der Waals surface area contributed by atoms with Crippen LogP contribution in [0.4, 0.5) is 0 Å². The second kappa shape index (κ2) is 7.68. The van der Waals surface area contributed by atoms with Crippen molar-refractivity contribution in [2.24, 2.45) is 0 Å². The van der Waals surface area contributed by atoms with Gasteiger partial charge in [-0.25, -0.2) is 4.79 Å². The molecule has 0 aliphatic heterocycles. The van der Waals surface area contributed by atoms with Gasteiger partial charge in [0.2, 0.25) is 0 Å². The normalized spacial score (nSPS) is 10.6. The first-order valence-electron chi connectivity index (χ1n) is 7.92. The topological polar surface area (TPSA) is 71.7 Å². The minimum Gasteiger partial charge on any atom is -0.497 e. The first-order chi connectivity index (χ1) is 12.2. The predicted molar refractivity (Wildman–Crippen MR) is 94.6 cm³/mol.